The maximum absolute atomic E-state index is 5.87. The van der Waals surface area contributed by atoms with Gasteiger partial charge in [-0.1, -0.05) is 5.16 Å². The standard InChI is InChI=1S/C13H20N2O3/c1-9-7-10(14-18-9)8-15-5-6-17-13-11(15)3-4-12(13)16-2/h7,11-13H,3-6,8H2,1-2H3/t11-,12-,13+/m1/s1. The highest BCUT2D eigenvalue weighted by Crippen LogP contribution is 2.32. The second kappa shape index (κ2) is 4.99. The van der Waals surface area contributed by atoms with Crippen LogP contribution in [0, 0.1) is 6.92 Å². The van der Waals surface area contributed by atoms with Crippen molar-refractivity contribution in [3.8, 4) is 0 Å². The minimum Gasteiger partial charge on any atom is -0.379 e. The van der Waals surface area contributed by atoms with Gasteiger partial charge in [0.05, 0.1) is 24.5 Å². The van der Waals surface area contributed by atoms with Gasteiger partial charge in [-0.3, -0.25) is 4.90 Å². The first-order valence-electron chi connectivity index (χ1n) is 6.58. The molecule has 2 fully saturated rings. The van der Waals surface area contributed by atoms with Crippen LogP contribution in [0.3, 0.4) is 0 Å². The van der Waals surface area contributed by atoms with E-state index in [-0.39, 0.29) is 12.2 Å². The highest BCUT2D eigenvalue weighted by molar-refractivity contribution is 5.05. The fraction of sp³-hybridized carbons (Fsp3) is 0.769. The molecule has 0 amide bonds. The maximum atomic E-state index is 5.87. The van der Waals surface area contributed by atoms with E-state index in [9.17, 15) is 0 Å². The van der Waals surface area contributed by atoms with Crippen LogP contribution >= 0.6 is 0 Å². The highest BCUT2D eigenvalue weighted by atomic mass is 16.5. The van der Waals surface area contributed by atoms with Crippen LogP contribution in [0.2, 0.25) is 0 Å². The number of nitrogens with zero attached hydrogens (tertiary/aromatic N) is 2. The molecule has 1 aromatic rings. The minimum absolute atomic E-state index is 0.219. The molecule has 1 aliphatic heterocycles. The van der Waals surface area contributed by atoms with Crippen LogP contribution < -0.4 is 0 Å². The van der Waals surface area contributed by atoms with Crippen molar-refractivity contribution in [1.82, 2.24) is 10.1 Å². The maximum Gasteiger partial charge on any atom is 0.133 e. The molecule has 100 valence electrons. The van der Waals surface area contributed by atoms with Crippen LogP contribution in [0.25, 0.3) is 0 Å². The molecule has 0 bridgehead atoms. The van der Waals surface area contributed by atoms with Crippen molar-refractivity contribution in [2.24, 2.45) is 0 Å². The summed E-state index contributed by atoms with van der Waals surface area (Å²) in [6.45, 7) is 4.51. The number of fused-ring (bicyclic) bond motifs is 1. The molecule has 0 spiro atoms. The molecule has 0 N–H and O–H groups in total. The van der Waals surface area contributed by atoms with Crippen molar-refractivity contribution in [2.75, 3.05) is 20.3 Å². The van der Waals surface area contributed by atoms with Crippen LogP contribution in [0.5, 0.6) is 0 Å². The molecule has 5 nitrogen and oxygen atoms in total. The molecule has 1 aromatic heterocycles. The van der Waals surface area contributed by atoms with Crippen molar-refractivity contribution in [1.29, 1.82) is 0 Å². The largest absolute Gasteiger partial charge is 0.379 e. The second-order valence-corrected chi connectivity index (χ2v) is 5.15. The lowest BCUT2D eigenvalue weighted by Crippen LogP contribution is -2.51. The third-order valence-electron chi connectivity index (χ3n) is 4.00. The molecule has 1 saturated heterocycles. The van der Waals surface area contributed by atoms with Crippen molar-refractivity contribution in [3.63, 3.8) is 0 Å². The van der Waals surface area contributed by atoms with Gasteiger partial charge >= 0.3 is 0 Å². The van der Waals surface area contributed by atoms with Gasteiger partial charge < -0.3 is 14.0 Å². The summed E-state index contributed by atoms with van der Waals surface area (Å²) >= 11 is 0. The average molecular weight is 252 g/mol. The highest BCUT2D eigenvalue weighted by Gasteiger charge is 2.42. The topological polar surface area (TPSA) is 47.7 Å². The average Bonchev–Trinajstić information content (AvgIpc) is 2.96. The first-order chi connectivity index (χ1) is 8.78. The Morgan fingerprint density at radius 3 is 3.11 bits per heavy atom. The summed E-state index contributed by atoms with van der Waals surface area (Å²) in [5.41, 5.74) is 1.01. The minimum atomic E-state index is 0.219. The summed E-state index contributed by atoms with van der Waals surface area (Å²) in [6, 6.07) is 2.47. The number of hydrogen-bond acceptors (Lipinski definition) is 5. The Kier molecular flexibility index (Phi) is 3.37. The number of rotatable bonds is 3. The summed E-state index contributed by atoms with van der Waals surface area (Å²) < 4.78 is 16.5. The van der Waals surface area contributed by atoms with Gasteiger partial charge in [0.2, 0.25) is 0 Å². The first kappa shape index (κ1) is 12.1. The molecule has 5 heteroatoms. The summed E-state index contributed by atoms with van der Waals surface area (Å²) in [5, 5.41) is 4.07. The van der Waals surface area contributed by atoms with Crippen molar-refractivity contribution in [3.05, 3.63) is 17.5 Å². The predicted octanol–water partition coefficient (Wildman–Crippen LogP) is 1.36. The van der Waals surface area contributed by atoms with Gasteiger partial charge in [0.1, 0.15) is 5.76 Å². The van der Waals surface area contributed by atoms with Crippen LogP contribution in [0.15, 0.2) is 10.6 Å². The zero-order valence-electron chi connectivity index (χ0n) is 11.0. The van der Waals surface area contributed by atoms with Crippen LogP contribution in [-0.4, -0.2) is 48.6 Å². The molecule has 3 atom stereocenters. The SMILES string of the molecule is CO[C@@H]1CC[C@@H]2[C@@H]1OCCN2Cc1cc(C)on1. The number of hydrogen-bond donors (Lipinski definition) is 0. The number of methoxy groups -OCH3 is 1. The first-order valence-corrected chi connectivity index (χ1v) is 6.58. The van der Waals surface area contributed by atoms with E-state index in [2.05, 4.69) is 10.1 Å². The van der Waals surface area contributed by atoms with Gasteiger partial charge in [0.25, 0.3) is 0 Å². The summed E-state index contributed by atoms with van der Waals surface area (Å²) in [4.78, 5) is 2.45. The van der Waals surface area contributed by atoms with E-state index in [1.54, 1.807) is 7.11 Å². The lowest BCUT2D eigenvalue weighted by Gasteiger charge is -2.38. The van der Waals surface area contributed by atoms with E-state index in [0.29, 0.717) is 6.04 Å². The van der Waals surface area contributed by atoms with Gasteiger partial charge in [-0.05, 0) is 19.8 Å². The summed E-state index contributed by atoms with van der Waals surface area (Å²) in [7, 11) is 1.77. The molecule has 18 heavy (non-hydrogen) atoms. The van der Waals surface area contributed by atoms with E-state index in [0.717, 1.165) is 44.0 Å². The molecular formula is C13H20N2O3. The Morgan fingerprint density at radius 1 is 1.50 bits per heavy atom. The fourth-order valence-electron chi connectivity index (χ4n) is 3.14. The third kappa shape index (κ3) is 2.18. The molecule has 0 unspecified atom stereocenters. The van der Waals surface area contributed by atoms with Crippen molar-refractivity contribution >= 4 is 0 Å². The Hall–Kier alpha value is -0.910. The predicted molar refractivity (Wildman–Crippen MR) is 65.2 cm³/mol. The fourth-order valence-corrected chi connectivity index (χ4v) is 3.14. The molecule has 0 radical (unpaired) electrons. The smallest absolute Gasteiger partial charge is 0.133 e. The summed E-state index contributed by atoms with van der Waals surface area (Å²) in [5.74, 6) is 0.871. The number of aromatic nitrogens is 1. The Bertz CT molecular complexity index is 407. The van der Waals surface area contributed by atoms with E-state index in [1.165, 1.54) is 0 Å². The number of morpholine rings is 1. The molecule has 3 rings (SSSR count). The van der Waals surface area contributed by atoms with Crippen LogP contribution in [0.4, 0.5) is 0 Å². The number of ether oxygens (including phenoxy) is 2. The van der Waals surface area contributed by atoms with Crippen molar-refractivity contribution in [2.45, 2.75) is 44.6 Å². The molecule has 0 aromatic carbocycles. The Morgan fingerprint density at radius 2 is 2.39 bits per heavy atom. The van der Waals surface area contributed by atoms with Gasteiger partial charge in [0.15, 0.2) is 0 Å². The van der Waals surface area contributed by atoms with E-state index >= 15 is 0 Å². The molecule has 1 saturated carbocycles. The lowest BCUT2D eigenvalue weighted by atomic mass is 10.1. The molecule has 1 aliphatic carbocycles. The Balaban J connectivity index is 1.69. The van der Waals surface area contributed by atoms with Gasteiger partial charge in [-0.15, -0.1) is 0 Å². The zero-order valence-corrected chi connectivity index (χ0v) is 11.0. The molecular weight excluding hydrogens is 232 g/mol. The summed E-state index contributed by atoms with van der Waals surface area (Å²) in [6.07, 6.45) is 2.69. The monoisotopic (exact) mass is 252 g/mol. The zero-order chi connectivity index (χ0) is 12.5. The normalized spacial score (nSPS) is 32.7. The second-order valence-electron chi connectivity index (χ2n) is 5.15. The lowest BCUT2D eigenvalue weighted by molar-refractivity contribution is -0.107. The van der Waals surface area contributed by atoms with Gasteiger partial charge in [-0.25, -0.2) is 0 Å². The van der Waals surface area contributed by atoms with Crippen LogP contribution in [0.1, 0.15) is 24.3 Å². The van der Waals surface area contributed by atoms with Gasteiger partial charge in [-0.2, -0.15) is 0 Å². The number of aryl methyl sites for hydroxylation is 1. The third-order valence-corrected chi connectivity index (χ3v) is 4.00. The van der Waals surface area contributed by atoms with Crippen LogP contribution in [-0.2, 0) is 16.0 Å². The Labute approximate surface area is 107 Å². The molecule has 2 aliphatic rings. The molecule has 2 heterocycles. The van der Waals surface area contributed by atoms with Gasteiger partial charge in [0, 0.05) is 32.3 Å². The van der Waals surface area contributed by atoms with E-state index in [4.69, 9.17) is 14.0 Å². The van der Waals surface area contributed by atoms with E-state index < -0.39 is 0 Å². The quantitative estimate of drug-likeness (QED) is 0.813. The van der Waals surface area contributed by atoms with E-state index in [1.807, 2.05) is 13.0 Å². The van der Waals surface area contributed by atoms with Crippen molar-refractivity contribution < 1.29 is 14.0 Å².